The van der Waals surface area contributed by atoms with Gasteiger partial charge >= 0.3 is 0 Å². The predicted molar refractivity (Wildman–Crippen MR) is 79.4 cm³/mol. The van der Waals surface area contributed by atoms with Gasteiger partial charge in [-0.15, -0.1) is 0 Å². The van der Waals surface area contributed by atoms with Crippen LogP contribution in [0.25, 0.3) is 0 Å². The van der Waals surface area contributed by atoms with Crippen molar-refractivity contribution in [2.24, 2.45) is 0 Å². The fourth-order valence-electron chi connectivity index (χ4n) is 2.83. The highest BCUT2D eigenvalue weighted by molar-refractivity contribution is 5.87. The largest absolute Gasteiger partial charge is 0.387 e. The van der Waals surface area contributed by atoms with E-state index in [1.807, 2.05) is 0 Å². The first-order valence-electron chi connectivity index (χ1n) is 7.46. The van der Waals surface area contributed by atoms with Crippen molar-refractivity contribution >= 4 is 5.91 Å². The van der Waals surface area contributed by atoms with Crippen LogP contribution < -0.4 is 5.32 Å². The summed E-state index contributed by atoms with van der Waals surface area (Å²) in [6.07, 6.45) is 0.395. The third-order valence-corrected chi connectivity index (χ3v) is 4.14. The summed E-state index contributed by atoms with van der Waals surface area (Å²) in [7, 11) is 0. The Morgan fingerprint density at radius 3 is 2.88 bits per heavy atom. The molecule has 0 spiro atoms. The van der Waals surface area contributed by atoms with Gasteiger partial charge in [0.1, 0.15) is 0 Å². The van der Waals surface area contributed by atoms with Crippen LogP contribution in [0.5, 0.6) is 0 Å². The maximum absolute atomic E-state index is 15.3. The first-order chi connectivity index (χ1) is 11.4. The number of carbonyl (C=O) groups excluding carboxylic acids is 1. The summed E-state index contributed by atoms with van der Waals surface area (Å²) < 4.78 is 41.4. The molecule has 2 N–H and O–H groups in total. The molecule has 1 aromatic carbocycles. The molecule has 0 fully saturated rings. The normalized spacial score (nSPS) is 22.8. The standard InChI is InChI=1S/C17H15F3N2O2/c18-12-4-3-10(8-13(12)19)9-22-16(24)17(20)6-5-14(23)15-11(17)2-1-7-21-15/h1-4,7-8,14,23H,5-6,9H2,(H,22,24). The number of rotatable bonds is 3. The van der Waals surface area contributed by atoms with Crippen molar-refractivity contribution < 1.29 is 23.1 Å². The summed E-state index contributed by atoms with van der Waals surface area (Å²) in [6.45, 7) is -0.139. The Morgan fingerprint density at radius 1 is 1.33 bits per heavy atom. The minimum atomic E-state index is -2.32. The molecule has 1 aliphatic rings. The van der Waals surface area contributed by atoms with Crippen LogP contribution in [0.3, 0.4) is 0 Å². The number of nitrogens with zero attached hydrogens (tertiary/aromatic N) is 1. The van der Waals surface area contributed by atoms with Gasteiger partial charge in [-0.3, -0.25) is 9.78 Å². The molecule has 24 heavy (non-hydrogen) atoms. The molecule has 1 aromatic heterocycles. The number of halogens is 3. The van der Waals surface area contributed by atoms with Crippen LogP contribution in [0.1, 0.15) is 35.8 Å². The molecule has 2 unspecified atom stereocenters. The van der Waals surface area contributed by atoms with E-state index < -0.39 is 29.3 Å². The molecule has 2 atom stereocenters. The first-order valence-corrected chi connectivity index (χ1v) is 7.46. The summed E-state index contributed by atoms with van der Waals surface area (Å²) >= 11 is 0. The number of benzene rings is 1. The Hall–Kier alpha value is -2.41. The van der Waals surface area contributed by atoms with Crippen molar-refractivity contribution in [3.05, 3.63) is 65.0 Å². The molecule has 126 valence electrons. The first kappa shape index (κ1) is 16.4. The highest BCUT2D eigenvalue weighted by Crippen LogP contribution is 2.42. The van der Waals surface area contributed by atoms with Gasteiger partial charge in [0.2, 0.25) is 5.67 Å². The lowest BCUT2D eigenvalue weighted by Gasteiger charge is -2.32. The number of fused-ring (bicyclic) bond motifs is 1. The van der Waals surface area contributed by atoms with Crippen molar-refractivity contribution in [2.45, 2.75) is 31.2 Å². The Bertz CT molecular complexity index is 784. The Morgan fingerprint density at radius 2 is 2.12 bits per heavy atom. The van der Waals surface area contributed by atoms with E-state index in [9.17, 15) is 18.7 Å². The van der Waals surface area contributed by atoms with Gasteiger partial charge in [-0.25, -0.2) is 13.2 Å². The van der Waals surface area contributed by atoms with Gasteiger partial charge in [-0.2, -0.15) is 0 Å². The molecule has 1 heterocycles. The van der Waals surface area contributed by atoms with Gasteiger partial charge in [-0.1, -0.05) is 12.1 Å². The van der Waals surface area contributed by atoms with E-state index in [-0.39, 0.29) is 30.6 Å². The summed E-state index contributed by atoms with van der Waals surface area (Å²) in [5.74, 6) is -2.92. The van der Waals surface area contributed by atoms with Gasteiger partial charge < -0.3 is 10.4 Å². The van der Waals surface area contributed by atoms with E-state index in [4.69, 9.17) is 0 Å². The molecular formula is C17H15F3N2O2. The lowest BCUT2D eigenvalue weighted by atomic mass is 9.81. The minimum absolute atomic E-state index is 0.0338. The maximum atomic E-state index is 15.3. The molecule has 0 saturated heterocycles. The smallest absolute Gasteiger partial charge is 0.262 e. The molecule has 0 saturated carbocycles. The monoisotopic (exact) mass is 336 g/mol. The molecule has 1 aliphatic carbocycles. The second-order valence-corrected chi connectivity index (χ2v) is 5.72. The van der Waals surface area contributed by atoms with Crippen molar-refractivity contribution in [1.29, 1.82) is 0 Å². The number of hydrogen-bond acceptors (Lipinski definition) is 3. The second kappa shape index (κ2) is 6.24. The van der Waals surface area contributed by atoms with Crippen molar-refractivity contribution in [1.82, 2.24) is 10.3 Å². The average Bonchev–Trinajstić information content (AvgIpc) is 2.59. The molecule has 1 amide bonds. The number of aromatic nitrogens is 1. The highest BCUT2D eigenvalue weighted by atomic mass is 19.2. The van der Waals surface area contributed by atoms with Crippen LogP contribution in [0.4, 0.5) is 13.2 Å². The number of aliphatic hydroxyl groups is 1. The number of pyridine rings is 1. The minimum Gasteiger partial charge on any atom is -0.387 e. The fourth-order valence-corrected chi connectivity index (χ4v) is 2.83. The maximum Gasteiger partial charge on any atom is 0.262 e. The van der Waals surface area contributed by atoms with Gasteiger partial charge in [0, 0.05) is 18.3 Å². The Labute approximate surface area is 136 Å². The summed E-state index contributed by atoms with van der Waals surface area (Å²) in [5.41, 5.74) is -1.82. The molecule has 7 heteroatoms. The van der Waals surface area contributed by atoms with Crippen molar-refractivity contribution in [3.63, 3.8) is 0 Å². The molecule has 0 bridgehead atoms. The fraction of sp³-hybridized carbons (Fsp3) is 0.294. The third kappa shape index (κ3) is 2.87. The van der Waals surface area contributed by atoms with Gasteiger partial charge in [0.05, 0.1) is 11.8 Å². The zero-order valence-corrected chi connectivity index (χ0v) is 12.6. The molecule has 4 nitrogen and oxygen atoms in total. The molecule has 0 aliphatic heterocycles. The van der Waals surface area contributed by atoms with E-state index in [0.717, 1.165) is 12.1 Å². The molecular weight excluding hydrogens is 321 g/mol. The zero-order chi connectivity index (χ0) is 17.3. The lowest BCUT2D eigenvalue weighted by Crippen LogP contribution is -2.44. The lowest BCUT2D eigenvalue weighted by molar-refractivity contribution is -0.135. The summed E-state index contributed by atoms with van der Waals surface area (Å²) in [4.78, 5) is 16.3. The quantitative estimate of drug-likeness (QED) is 0.906. The van der Waals surface area contributed by atoms with Crippen LogP contribution in [0.15, 0.2) is 36.5 Å². The Balaban J connectivity index is 1.79. The van der Waals surface area contributed by atoms with Gasteiger partial charge in [0.15, 0.2) is 11.6 Å². The topological polar surface area (TPSA) is 62.2 Å². The van der Waals surface area contributed by atoms with Gasteiger partial charge in [0.25, 0.3) is 5.91 Å². The molecule has 0 radical (unpaired) electrons. The van der Waals surface area contributed by atoms with Crippen LogP contribution in [0.2, 0.25) is 0 Å². The van der Waals surface area contributed by atoms with Crippen LogP contribution >= 0.6 is 0 Å². The second-order valence-electron chi connectivity index (χ2n) is 5.72. The predicted octanol–water partition coefficient (Wildman–Crippen LogP) is 2.67. The third-order valence-electron chi connectivity index (χ3n) is 4.14. The zero-order valence-electron chi connectivity index (χ0n) is 12.6. The number of alkyl halides is 1. The van der Waals surface area contributed by atoms with Crippen LogP contribution in [-0.4, -0.2) is 16.0 Å². The SMILES string of the molecule is O=C(NCc1ccc(F)c(F)c1)C1(F)CCC(O)c2ncccc21. The number of nitrogens with one attached hydrogen (secondary N) is 1. The number of amides is 1. The van der Waals surface area contributed by atoms with E-state index in [1.54, 1.807) is 0 Å². The molecule has 2 aromatic rings. The average molecular weight is 336 g/mol. The highest BCUT2D eigenvalue weighted by Gasteiger charge is 2.46. The van der Waals surface area contributed by atoms with E-state index >= 15 is 4.39 Å². The van der Waals surface area contributed by atoms with E-state index in [2.05, 4.69) is 10.3 Å². The van der Waals surface area contributed by atoms with E-state index in [1.165, 1.54) is 24.4 Å². The van der Waals surface area contributed by atoms with Crippen LogP contribution in [0, 0.1) is 11.6 Å². The van der Waals surface area contributed by atoms with Crippen LogP contribution in [-0.2, 0) is 17.0 Å². The number of carbonyl (C=O) groups is 1. The Kier molecular flexibility index (Phi) is 4.28. The summed E-state index contributed by atoms with van der Waals surface area (Å²) in [6, 6.07) is 6.11. The molecule has 3 rings (SSSR count). The summed E-state index contributed by atoms with van der Waals surface area (Å²) in [5, 5.41) is 12.3. The number of hydrogen-bond donors (Lipinski definition) is 2. The van der Waals surface area contributed by atoms with E-state index in [0.29, 0.717) is 5.56 Å². The van der Waals surface area contributed by atoms with Crippen molar-refractivity contribution in [3.8, 4) is 0 Å². The number of aliphatic hydroxyl groups excluding tert-OH is 1. The van der Waals surface area contributed by atoms with Crippen molar-refractivity contribution in [2.75, 3.05) is 0 Å². The van der Waals surface area contributed by atoms with Gasteiger partial charge in [-0.05, 0) is 36.6 Å².